The lowest BCUT2D eigenvalue weighted by molar-refractivity contribution is 0.469. The van der Waals surface area contributed by atoms with Gasteiger partial charge in [-0.05, 0) is 62.3 Å². The molecule has 0 radical (unpaired) electrons. The summed E-state index contributed by atoms with van der Waals surface area (Å²) in [6.45, 7) is 3.40. The van der Waals surface area contributed by atoms with E-state index in [0.29, 0.717) is 21.0 Å². The van der Waals surface area contributed by atoms with Gasteiger partial charge in [-0.3, -0.25) is 0 Å². The van der Waals surface area contributed by atoms with Crippen LogP contribution in [0.2, 0.25) is 15.1 Å². The van der Waals surface area contributed by atoms with E-state index in [-0.39, 0.29) is 0 Å². The van der Waals surface area contributed by atoms with Crippen molar-refractivity contribution >= 4 is 34.8 Å². The molecule has 2 rings (SSSR count). The maximum Gasteiger partial charge on any atom is 0.0467 e. The van der Waals surface area contributed by atoms with E-state index in [4.69, 9.17) is 34.8 Å². The Balaban J connectivity index is 1.77. The van der Waals surface area contributed by atoms with Crippen molar-refractivity contribution in [3.63, 3.8) is 0 Å². The molecular weight excluding hydrogens is 301 g/mol. The van der Waals surface area contributed by atoms with E-state index < -0.39 is 0 Å². The molecule has 1 aromatic rings. The number of benzene rings is 1. The first kappa shape index (κ1) is 15.4. The summed E-state index contributed by atoms with van der Waals surface area (Å²) in [5, 5.41) is 5.51. The molecule has 0 saturated heterocycles. The van der Waals surface area contributed by atoms with E-state index in [1.165, 1.54) is 19.3 Å². The van der Waals surface area contributed by atoms with E-state index in [0.717, 1.165) is 31.0 Å². The monoisotopic (exact) mass is 319 g/mol. The van der Waals surface area contributed by atoms with Crippen molar-refractivity contribution in [3.8, 4) is 0 Å². The van der Waals surface area contributed by atoms with Crippen LogP contribution < -0.4 is 5.32 Å². The Morgan fingerprint density at radius 3 is 2.37 bits per heavy atom. The highest BCUT2D eigenvalue weighted by Crippen LogP contribution is 2.30. The second-order valence-corrected chi connectivity index (χ2v) is 6.76. The summed E-state index contributed by atoms with van der Waals surface area (Å²) in [5.74, 6) is 0.675. The van der Waals surface area contributed by atoms with Gasteiger partial charge in [-0.2, -0.15) is 0 Å². The molecule has 1 nitrogen and oxygen atoms in total. The minimum Gasteiger partial charge on any atom is -0.314 e. The van der Waals surface area contributed by atoms with Crippen LogP contribution in [0.3, 0.4) is 0 Å². The van der Waals surface area contributed by atoms with Crippen molar-refractivity contribution in [1.29, 1.82) is 0 Å². The number of halogens is 3. The Bertz CT molecular complexity index is 406. The van der Waals surface area contributed by atoms with E-state index >= 15 is 0 Å². The molecule has 1 fully saturated rings. The standard InChI is InChI=1S/C15H20Cl3N/c1-10(6-7-19-12-3-4-12)2-5-13-14(17)8-11(16)9-15(13)18/h8-10,12,19H,2-7H2,1H3. The molecule has 1 unspecified atom stereocenters. The minimum atomic E-state index is 0.598. The highest BCUT2D eigenvalue weighted by molar-refractivity contribution is 6.39. The van der Waals surface area contributed by atoms with Crippen LogP contribution in [0, 0.1) is 5.92 Å². The van der Waals surface area contributed by atoms with Gasteiger partial charge in [-0.25, -0.2) is 0 Å². The average Bonchev–Trinajstić information content (AvgIpc) is 3.11. The third-order valence-electron chi connectivity index (χ3n) is 3.64. The lowest BCUT2D eigenvalue weighted by atomic mass is 9.98. The minimum absolute atomic E-state index is 0.598. The maximum absolute atomic E-state index is 6.19. The molecule has 106 valence electrons. The molecule has 1 aromatic carbocycles. The van der Waals surface area contributed by atoms with Gasteiger partial charge in [0.1, 0.15) is 0 Å². The van der Waals surface area contributed by atoms with Crippen LogP contribution in [0.5, 0.6) is 0 Å². The molecule has 0 amide bonds. The van der Waals surface area contributed by atoms with Crippen LogP contribution in [-0.2, 0) is 6.42 Å². The number of hydrogen-bond acceptors (Lipinski definition) is 1. The van der Waals surface area contributed by atoms with E-state index in [1.54, 1.807) is 12.1 Å². The second kappa shape index (κ2) is 7.17. The zero-order valence-corrected chi connectivity index (χ0v) is 13.5. The van der Waals surface area contributed by atoms with Crippen molar-refractivity contribution in [2.45, 2.75) is 45.1 Å². The van der Waals surface area contributed by atoms with Gasteiger partial charge in [-0.15, -0.1) is 0 Å². The van der Waals surface area contributed by atoms with Gasteiger partial charge in [0.2, 0.25) is 0 Å². The van der Waals surface area contributed by atoms with Crippen LogP contribution in [0.1, 0.15) is 38.2 Å². The quantitative estimate of drug-likeness (QED) is 0.713. The van der Waals surface area contributed by atoms with Crippen LogP contribution in [-0.4, -0.2) is 12.6 Å². The Labute approximate surface area is 130 Å². The first-order valence-electron chi connectivity index (χ1n) is 6.93. The second-order valence-electron chi connectivity index (χ2n) is 5.51. The molecule has 4 heteroatoms. The molecule has 1 aliphatic rings. The molecule has 1 N–H and O–H groups in total. The molecule has 0 heterocycles. The van der Waals surface area contributed by atoms with Crippen LogP contribution in [0.25, 0.3) is 0 Å². The summed E-state index contributed by atoms with van der Waals surface area (Å²) in [4.78, 5) is 0. The van der Waals surface area contributed by atoms with Gasteiger partial charge in [0, 0.05) is 21.1 Å². The van der Waals surface area contributed by atoms with E-state index in [9.17, 15) is 0 Å². The SMILES string of the molecule is CC(CCNC1CC1)CCc1c(Cl)cc(Cl)cc1Cl. The summed E-state index contributed by atoms with van der Waals surface area (Å²) < 4.78 is 0. The molecule has 1 saturated carbocycles. The van der Waals surface area contributed by atoms with Gasteiger partial charge in [-0.1, -0.05) is 41.7 Å². The van der Waals surface area contributed by atoms with Gasteiger partial charge in [0.25, 0.3) is 0 Å². The fourth-order valence-corrected chi connectivity index (χ4v) is 3.17. The van der Waals surface area contributed by atoms with Gasteiger partial charge >= 0.3 is 0 Å². The summed E-state index contributed by atoms with van der Waals surface area (Å²) >= 11 is 18.3. The average molecular weight is 321 g/mol. The van der Waals surface area contributed by atoms with Gasteiger partial charge in [0.15, 0.2) is 0 Å². The third kappa shape index (κ3) is 5.15. The van der Waals surface area contributed by atoms with Crippen molar-refractivity contribution in [2.75, 3.05) is 6.54 Å². The van der Waals surface area contributed by atoms with Gasteiger partial charge < -0.3 is 5.32 Å². The molecule has 0 spiro atoms. The lowest BCUT2D eigenvalue weighted by Crippen LogP contribution is -2.19. The fraction of sp³-hybridized carbons (Fsp3) is 0.600. The van der Waals surface area contributed by atoms with Crippen molar-refractivity contribution in [2.24, 2.45) is 5.92 Å². The van der Waals surface area contributed by atoms with E-state index in [1.807, 2.05) is 0 Å². The molecule has 19 heavy (non-hydrogen) atoms. The van der Waals surface area contributed by atoms with Gasteiger partial charge in [0.05, 0.1) is 0 Å². The molecule has 1 atom stereocenters. The molecule has 1 aliphatic carbocycles. The molecule has 0 bridgehead atoms. The maximum atomic E-state index is 6.19. The predicted molar refractivity (Wildman–Crippen MR) is 84.6 cm³/mol. The lowest BCUT2D eigenvalue weighted by Gasteiger charge is -2.13. The zero-order valence-electron chi connectivity index (χ0n) is 11.2. The Morgan fingerprint density at radius 1 is 1.16 bits per heavy atom. The molecular formula is C15H20Cl3N. The van der Waals surface area contributed by atoms with Crippen molar-refractivity contribution in [1.82, 2.24) is 5.32 Å². The zero-order chi connectivity index (χ0) is 13.8. The number of hydrogen-bond donors (Lipinski definition) is 1. The fourth-order valence-electron chi connectivity index (χ4n) is 2.17. The number of nitrogens with one attached hydrogen (secondary N) is 1. The van der Waals surface area contributed by atoms with Crippen LogP contribution in [0.15, 0.2) is 12.1 Å². The molecule has 0 aliphatic heterocycles. The largest absolute Gasteiger partial charge is 0.314 e. The summed E-state index contributed by atoms with van der Waals surface area (Å²) in [6.07, 6.45) is 5.93. The first-order valence-corrected chi connectivity index (χ1v) is 8.06. The number of rotatable bonds is 7. The Hall–Kier alpha value is 0.0500. The normalized spacial score (nSPS) is 16.6. The summed E-state index contributed by atoms with van der Waals surface area (Å²) in [5.41, 5.74) is 1.02. The van der Waals surface area contributed by atoms with Crippen LogP contribution in [0.4, 0.5) is 0 Å². The summed E-state index contributed by atoms with van der Waals surface area (Å²) in [6, 6.07) is 4.33. The molecule has 0 aromatic heterocycles. The summed E-state index contributed by atoms with van der Waals surface area (Å²) in [7, 11) is 0. The van der Waals surface area contributed by atoms with E-state index in [2.05, 4.69) is 12.2 Å². The van der Waals surface area contributed by atoms with Crippen molar-refractivity contribution in [3.05, 3.63) is 32.8 Å². The smallest absolute Gasteiger partial charge is 0.0467 e. The topological polar surface area (TPSA) is 12.0 Å². The first-order chi connectivity index (χ1) is 9.06. The van der Waals surface area contributed by atoms with Crippen molar-refractivity contribution < 1.29 is 0 Å². The highest BCUT2D eigenvalue weighted by Gasteiger charge is 2.20. The Morgan fingerprint density at radius 2 is 1.79 bits per heavy atom. The van der Waals surface area contributed by atoms with Crippen LogP contribution >= 0.6 is 34.8 Å². The Kier molecular flexibility index (Phi) is 5.83. The predicted octanol–water partition coefficient (Wildman–Crippen LogP) is 5.36. The third-order valence-corrected chi connectivity index (χ3v) is 4.53. The highest BCUT2D eigenvalue weighted by atomic mass is 35.5.